The van der Waals surface area contributed by atoms with Crippen LogP contribution in [0.25, 0.3) is 11.0 Å². The van der Waals surface area contributed by atoms with E-state index in [1.165, 1.54) is 13.2 Å². The van der Waals surface area contributed by atoms with Crippen LogP contribution in [0.1, 0.15) is 41.2 Å². The molecule has 0 unspecified atom stereocenters. The number of fused-ring (bicyclic) bond motifs is 1. The number of carbonyl (C=O) groups excluding carboxylic acids is 1. The number of benzene rings is 1. The average Bonchev–Trinajstić information content (AvgIpc) is 3.25. The number of nitrogens with one attached hydrogen (secondary N) is 1. The van der Waals surface area contributed by atoms with Gasteiger partial charge in [-0.3, -0.25) is 4.57 Å². The zero-order chi connectivity index (χ0) is 28.0. The molecule has 0 aliphatic carbocycles. The number of aryl methyl sites for hydroxylation is 2. The van der Waals surface area contributed by atoms with Gasteiger partial charge < -0.3 is 43.2 Å². The summed E-state index contributed by atoms with van der Waals surface area (Å²) in [4.78, 5) is 46.5. The molecule has 12 nitrogen and oxygen atoms in total. The Hall–Kier alpha value is -2.99. The summed E-state index contributed by atoms with van der Waals surface area (Å²) in [6.07, 6.45) is -5.49. The molecule has 1 aliphatic heterocycles. The standard InChI is InChI=1S/C25H30NO11P/c1-12-6-8-16(26-12)23(29)36-20-18(27)24(37-25(3,4)21(20)33-5)34-17-9-7-14-10-15(11-38(30,31)32)22(28)35-19(14)13(17)2/h6-10,18,20-21,24,26-27H,11H2,1-5H3,(H2,30,31,32)/t18-,20+,21-,24-/m1/s1. The first-order chi connectivity index (χ1) is 17.7. The van der Waals surface area contributed by atoms with Crippen molar-refractivity contribution >= 4 is 24.5 Å². The van der Waals surface area contributed by atoms with Gasteiger partial charge in [0, 0.05) is 23.8 Å². The van der Waals surface area contributed by atoms with Crippen LogP contribution < -0.4 is 10.4 Å². The molecule has 1 fully saturated rings. The van der Waals surface area contributed by atoms with Crippen LogP contribution in [0.4, 0.5) is 0 Å². The molecule has 0 radical (unpaired) electrons. The highest BCUT2D eigenvalue weighted by atomic mass is 31.2. The highest BCUT2D eigenvalue weighted by Gasteiger charge is 2.53. The van der Waals surface area contributed by atoms with Crippen molar-refractivity contribution in [3.05, 3.63) is 63.3 Å². The van der Waals surface area contributed by atoms with Crippen LogP contribution in [0.5, 0.6) is 5.75 Å². The monoisotopic (exact) mass is 551 g/mol. The molecule has 0 bridgehead atoms. The minimum atomic E-state index is -4.48. The molecule has 2 aromatic heterocycles. The summed E-state index contributed by atoms with van der Waals surface area (Å²) in [5.41, 5.74) is -0.577. The molecule has 3 heterocycles. The zero-order valence-electron chi connectivity index (χ0n) is 21.5. The van der Waals surface area contributed by atoms with Gasteiger partial charge in [-0.05, 0) is 58.0 Å². The van der Waals surface area contributed by atoms with Crippen molar-refractivity contribution in [3.8, 4) is 5.75 Å². The molecule has 1 aliphatic rings. The summed E-state index contributed by atoms with van der Waals surface area (Å²) in [6.45, 7) is 6.82. The number of esters is 1. The maximum atomic E-state index is 12.8. The second-order valence-electron chi connectivity index (χ2n) is 9.77. The molecule has 0 amide bonds. The summed E-state index contributed by atoms with van der Waals surface area (Å²) in [6, 6.07) is 7.74. The maximum absolute atomic E-state index is 12.8. The zero-order valence-corrected chi connectivity index (χ0v) is 22.4. The molecule has 4 N–H and O–H groups in total. The number of hydrogen-bond acceptors (Lipinski definition) is 9. The first kappa shape index (κ1) is 28.0. The molecule has 1 aromatic carbocycles. The number of rotatable bonds is 7. The van der Waals surface area contributed by atoms with E-state index in [2.05, 4.69) is 4.98 Å². The Morgan fingerprint density at radius 3 is 2.50 bits per heavy atom. The summed E-state index contributed by atoms with van der Waals surface area (Å²) >= 11 is 0. The Bertz CT molecular complexity index is 1450. The lowest BCUT2D eigenvalue weighted by Crippen LogP contribution is -2.65. The maximum Gasteiger partial charge on any atom is 0.355 e. The molecule has 0 spiro atoms. The number of H-pyrrole nitrogens is 1. The summed E-state index contributed by atoms with van der Waals surface area (Å²) in [5, 5.41) is 11.6. The summed E-state index contributed by atoms with van der Waals surface area (Å²) in [5.74, 6) is -0.473. The van der Waals surface area contributed by atoms with Crippen LogP contribution in [0.15, 0.2) is 39.5 Å². The van der Waals surface area contributed by atoms with Gasteiger partial charge in [-0.25, -0.2) is 9.59 Å². The van der Waals surface area contributed by atoms with E-state index in [0.717, 1.165) is 5.69 Å². The van der Waals surface area contributed by atoms with Gasteiger partial charge in [-0.1, -0.05) is 0 Å². The predicted octanol–water partition coefficient (Wildman–Crippen LogP) is 2.53. The van der Waals surface area contributed by atoms with Crippen LogP contribution in [0.2, 0.25) is 0 Å². The van der Waals surface area contributed by atoms with E-state index in [-0.39, 0.29) is 22.6 Å². The number of carbonyl (C=O) groups is 1. The molecule has 4 rings (SSSR count). The van der Waals surface area contributed by atoms with E-state index < -0.39 is 55.6 Å². The lowest BCUT2D eigenvalue weighted by atomic mass is 9.89. The third-order valence-corrected chi connectivity index (χ3v) is 7.11. The molecule has 0 saturated carbocycles. The number of aromatic nitrogens is 1. The number of hydrogen-bond donors (Lipinski definition) is 4. The van der Waals surface area contributed by atoms with Crippen molar-refractivity contribution in [1.29, 1.82) is 0 Å². The Balaban J connectivity index is 1.63. The van der Waals surface area contributed by atoms with Gasteiger partial charge in [-0.15, -0.1) is 0 Å². The van der Waals surface area contributed by atoms with Gasteiger partial charge in [0.25, 0.3) is 0 Å². The molecular weight excluding hydrogens is 521 g/mol. The quantitative estimate of drug-likeness (QED) is 0.193. The fourth-order valence-corrected chi connectivity index (χ4v) is 5.22. The number of ether oxygens (including phenoxy) is 4. The lowest BCUT2D eigenvalue weighted by Gasteiger charge is -2.47. The topological polar surface area (TPSA) is 178 Å². The van der Waals surface area contributed by atoms with Crippen molar-refractivity contribution < 1.29 is 47.6 Å². The molecular formula is C25H30NO11P. The van der Waals surface area contributed by atoms with E-state index in [1.54, 1.807) is 52.0 Å². The normalized spacial score (nSPS) is 23.4. The second-order valence-corrected chi connectivity index (χ2v) is 11.4. The number of methoxy groups -OCH3 is 1. The van der Waals surface area contributed by atoms with Gasteiger partial charge in [0.2, 0.25) is 6.29 Å². The van der Waals surface area contributed by atoms with E-state index in [9.17, 15) is 29.0 Å². The van der Waals surface area contributed by atoms with Crippen LogP contribution in [-0.4, -0.2) is 63.2 Å². The molecule has 3 aromatic rings. The van der Waals surface area contributed by atoms with Gasteiger partial charge in [0.15, 0.2) is 12.2 Å². The third-order valence-electron chi connectivity index (χ3n) is 6.36. The van der Waals surface area contributed by atoms with E-state index in [4.69, 9.17) is 23.4 Å². The fourth-order valence-electron chi connectivity index (χ4n) is 4.55. The predicted molar refractivity (Wildman–Crippen MR) is 134 cm³/mol. The second kappa shape index (κ2) is 10.3. The van der Waals surface area contributed by atoms with Crippen LogP contribution in [0.3, 0.4) is 0 Å². The SMILES string of the molecule is CO[C@@H]1[C@@H](OC(=O)c2ccc(C)[nH]2)[C@@H](O)[C@H](Oc2ccc3cc(CP(=O)(O)O)c(=O)oc3c2C)OC1(C)C. The van der Waals surface area contributed by atoms with Crippen molar-refractivity contribution in [3.63, 3.8) is 0 Å². The first-order valence-corrected chi connectivity index (χ1v) is 13.5. The van der Waals surface area contributed by atoms with Crippen molar-refractivity contribution in [2.75, 3.05) is 7.11 Å². The smallest absolute Gasteiger partial charge is 0.355 e. The molecule has 206 valence electrons. The van der Waals surface area contributed by atoms with E-state index in [0.29, 0.717) is 10.9 Å². The average molecular weight is 551 g/mol. The van der Waals surface area contributed by atoms with Gasteiger partial charge in [-0.2, -0.15) is 0 Å². The highest BCUT2D eigenvalue weighted by Crippen LogP contribution is 2.39. The molecule has 4 atom stereocenters. The van der Waals surface area contributed by atoms with Gasteiger partial charge >= 0.3 is 19.2 Å². The van der Waals surface area contributed by atoms with Crippen LogP contribution in [-0.2, 0) is 24.9 Å². The Kier molecular flexibility index (Phi) is 7.59. The van der Waals surface area contributed by atoms with Crippen molar-refractivity contribution in [2.45, 2.75) is 64.1 Å². The van der Waals surface area contributed by atoms with Gasteiger partial charge in [0.1, 0.15) is 23.1 Å². The van der Waals surface area contributed by atoms with Crippen LogP contribution >= 0.6 is 7.60 Å². The van der Waals surface area contributed by atoms with E-state index >= 15 is 0 Å². The Morgan fingerprint density at radius 2 is 1.89 bits per heavy atom. The number of aliphatic hydroxyl groups is 1. The lowest BCUT2D eigenvalue weighted by molar-refractivity contribution is -0.305. The highest BCUT2D eigenvalue weighted by molar-refractivity contribution is 7.50. The molecule has 1 saturated heterocycles. The summed E-state index contributed by atoms with van der Waals surface area (Å²) in [7, 11) is -3.06. The third kappa shape index (κ3) is 5.70. The van der Waals surface area contributed by atoms with Gasteiger partial charge in [0.05, 0.1) is 17.3 Å². The van der Waals surface area contributed by atoms with Crippen molar-refractivity contribution in [1.82, 2.24) is 4.98 Å². The van der Waals surface area contributed by atoms with Crippen LogP contribution in [0, 0.1) is 13.8 Å². The first-order valence-electron chi connectivity index (χ1n) is 11.7. The Morgan fingerprint density at radius 1 is 1.18 bits per heavy atom. The minimum Gasteiger partial charge on any atom is -0.462 e. The fraction of sp³-hybridized carbons (Fsp3) is 0.440. The summed E-state index contributed by atoms with van der Waals surface area (Å²) < 4.78 is 39.9. The largest absolute Gasteiger partial charge is 0.462 e. The number of aromatic amines is 1. The van der Waals surface area contributed by atoms with E-state index in [1.807, 2.05) is 0 Å². The molecule has 38 heavy (non-hydrogen) atoms. The minimum absolute atomic E-state index is 0.145. The molecule has 13 heteroatoms. The Labute approximate surface area is 217 Å². The van der Waals surface area contributed by atoms with Crippen molar-refractivity contribution in [2.24, 2.45) is 0 Å². The number of aliphatic hydroxyl groups excluding tert-OH is 1.